The van der Waals surface area contributed by atoms with Gasteiger partial charge < -0.3 is 10.7 Å². The quantitative estimate of drug-likeness (QED) is 0.723. The van der Waals surface area contributed by atoms with E-state index in [1.54, 1.807) is 12.4 Å². The first-order valence-electron chi connectivity index (χ1n) is 6.11. The van der Waals surface area contributed by atoms with E-state index in [0.29, 0.717) is 17.9 Å². The summed E-state index contributed by atoms with van der Waals surface area (Å²) in [4.78, 5) is 6.74. The van der Waals surface area contributed by atoms with Gasteiger partial charge in [0.1, 0.15) is 10.7 Å². The number of H-pyrrole nitrogens is 1. The van der Waals surface area contributed by atoms with Gasteiger partial charge >= 0.3 is 0 Å². The largest absolute Gasteiger partial charge is 0.399 e. The summed E-state index contributed by atoms with van der Waals surface area (Å²) in [6, 6.07) is 2.18. The van der Waals surface area contributed by atoms with E-state index in [1.807, 2.05) is 6.92 Å². The molecule has 1 aromatic heterocycles. The van der Waals surface area contributed by atoms with Crippen molar-refractivity contribution in [3.8, 4) is 0 Å². The molecular formula is C12H14Cl2N4O2S. The molecule has 21 heavy (non-hydrogen) atoms. The minimum atomic E-state index is -3.91. The number of rotatable bonds is 5. The molecule has 0 aliphatic rings. The van der Waals surface area contributed by atoms with Crippen LogP contribution < -0.4 is 10.5 Å². The number of hydrogen-bond donors (Lipinski definition) is 3. The summed E-state index contributed by atoms with van der Waals surface area (Å²) in [7, 11) is -3.91. The predicted molar refractivity (Wildman–Crippen MR) is 82.8 cm³/mol. The Morgan fingerprint density at radius 3 is 2.48 bits per heavy atom. The third-order valence-electron chi connectivity index (χ3n) is 2.84. The smallest absolute Gasteiger partial charge is 0.244 e. The SMILES string of the molecule is CCC(NS(=O)(=O)c1c(Cl)cc(N)cc1Cl)c1ncc[nH]1. The predicted octanol–water partition coefficient (Wildman–Crippen LogP) is 2.73. The van der Waals surface area contributed by atoms with Crippen LogP contribution in [0.15, 0.2) is 29.4 Å². The van der Waals surface area contributed by atoms with Crippen LogP contribution in [-0.4, -0.2) is 18.4 Å². The van der Waals surface area contributed by atoms with Gasteiger partial charge in [0.2, 0.25) is 10.0 Å². The lowest BCUT2D eigenvalue weighted by Gasteiger charge is -2.16. The Balaban J connectivity index is 2.39. The molecule has 2 rings (SSSR count). The lowest BCUT2D eigenvalue weighted by atomic mass is 10.2. The van der Waals surface area contributed by atoms with Gasteiger partial charge in [0.25, 0.3) is 0 Å². The molecule has 1 aromatic carbocycles. The molecule has 4 N–H and O–H groups in total. The standard InChI is InChI=1S/C12H14Cl2N4O2S/c1-2-10(12-16-3-4-17-12)18-21(19,20)11-8(13)5-7(15)6-9(11)14/h3-6,10,18H,2,15H2,1H3,(H,16,17). The summed E-state index contributed by atoms with van der Waals surface area (Å²) < 4.78 is 27.5. The van der Waals surface area contributed by atoms with Gasteiger partial charge in [-0.3, -0.25) is 0 Å². The maximum Gasteiger partial charge on any atom is 0.244 e. The van der Waals surface area contributed by atoms with E-state index < -0.39 is 16.1 Å². The molecule has 0 radical (unpaired) electrons. The van der Waals surface area contributed by atoms with Gasteiger partial charge in [0.15, 0.2) is 0 Å². The first-order valence-corrected chi connectivity index (χ1v) is 8.35. The molecule has 2 aromatic rings. The Hall–Kier alpha value is -1.28. The summed E-state index contributed by atoms with van der Waals surface area (Å²) in [5.41, 5.74) is 5.87. The van der Waals surface area contributed by atoms with Crippen molar-refractivity contribution in [2.24, 2.45) is 0 Å². The van der Waals surface area contributed by atoms with E-state index >= 15 is 0 Å². The van der Waals surface area contributed by atoms with Crippen molar-refractivity contribution in [3.63, 3.8) is 0 Å². The third-order valence-corrected chi connectivity index (χ3v) is 5.24. The fourth-order valence-electron chi connectivity index (χ4n) is 1.88. The number of aromatic amines is 1. The van der Waals surface area contributed by atoms with E-state index in [0.717, 1.165) is 0 Å². The summed E-state index contributed by atoms with van der Waals surface area (Å²) in [6.45, 7) is 1.84. The van der Waals surface area contributed by atoms with Crippen molar-refractivity contribution in [1.82, 2.24) is 14.7 Å². The van der Waals surface area contributed by atoms with Crippen LogP contribution in [0, 0.1) is 0 Å². The average Bonchev–Trinajstić information content (AvgIpc) is 2.87. The second-order valence-electron chi connectivity index (χ2n) is 4.37. The number of nitrogens with zero attached hydrogens (tertiary/aromatic N) is 1. The third kappa shape index (κ3) is 3.49. The van der Waals surface area contributed by atoms with Crippen LogP contribution in [0.2, 0.25) is 10.0 Å². The van der Waals surface area contributed by atoms with Crippen molar-refractivity contribution in [2.45, 2.75) is 24.3 Å². The van der Waals surface area contributed by atoms with E-state index in [2.05, 4.69) is 14.7 Å². The molecule has 0 aliphatic heterocycles. The average molecular weight is 349 g/mol. The van der Waals surface area contributed by atoms with Gasteiger partial charge in [-0.25, -0.2) is 18.1 Å². The molecule has 1 atom stereocenters. The maximum atomic E-state index is 12.5. The second kappa shape index (κ2) is 6.23. The number of anilines is 1. The van der Waals surface area contributed by atoms with E-state index in [9.17, 15) is 8.42 Å². The highest BCUT2D eigenvalue weighted by molar-refractivity contribution is 7.89. The van der Waals surface area contributed by atoms with Crippen molar-refractivity contribution >= 4 is 38.9 Å². The Morgan fingerprint density at radius 1 is 1.38 bits per heavy atom. The fourth-order valence-corrected chi connectivity index (χ4v) is 4.40. The van der Waals surface area contributed by atoms with Crippen LogP contribution >= 0.6 is 23.2 Å². The molecule has 114 valence electrons. The minimum Gasteiger partial charge on any atom is -0.399 e. The van der Waals surface area contributed by atoms with Gasteiger partial charge in [-0.2, -0.15) is 0 Å². The molecule has 0 spiro atoms. The van der Waals surface area contributed by atoms with Crippen molar-refractivity contribution in [3.05, 3.63) is 40.4 Å². The number of nitrogen functional groups attached to an aromatic ring is 1. The minimum absolute atomic E-state index is 0.0261. The second-order valence-corrected chi connectivity index (χ2v) is 6.84. The van der Waals surface area contributed by atoms with Crippen LogP contribution in [0.4, 0.5) is 5.69 Å². The number of benzene rings is 1. The molecule has 1 heterocycles. The zero-order valence-electron chi connectivity index (χ0n) is 11.1. The van der Waals surface area contributed by atoms with Gasteiger partial charge in [0, 0.05) is 18.1 Å². The molecule has 0 saturated heterocycles. The zero-order chi connectivity index (χ0) is 15.6. The first kappa shape index (κ1) is 16.1. The molecular weight excluding hydrogens is 335 g/mol. The summed E-state index contributed by atoms with van der Waals surface area (Å²) in [5, 5.41) is -0.0522. The number of imidazole rings is 1. The summed E-state index contributed by atoms with van der Waals surface area (Å²) >= 11 is 11.9. The molecule has 1 unspecified atom stereocenters. The van der Waals surface area contributed by atoms with Crippen LogP contribution in [0.3, 0.4) is 0 Å². The number of sulfonamides is 1. The molecule has 6 nitrogen and oxygen atoms in total. The van der Waals surface area contributed by atoms with Crippen LogP contribution in [0.25, 0.3) is 0 Å². The fraction of sp³-hybridized carbons (Fsp3) is 0.250. The molecule has 9 heteroatoms. The van der Waals surface area contributed by atoms with Crippen molar-refractivity contribution in [1.29, 1.82) is 0 Å². The lowest BCUT2D eigenvalue weighted by Crippen LogP contribution is -2.29. The first-order chi connectivity index (χ1) is 9.85. The Labute approximate surface area is 132 Å². The summed E-state index contributed by atoms with van der Waals surface area (Å²) in [6.07, 6.45) is 3.68. The Morgan fingerprint density at radius 2 is 2.00 bits per heavy atom. The molecule has 0 amide bonds. The van der Waals surface area contributed by atoms with Crippen LogP contribution in [0.1, 0.15) is 25.2 Å². The van der Waals surface area contributed by atoms with Gasteiger partial charge in [-0.1, -0.05) is 30.1 Å². The van der Waals surface area contributed by atoms with Crippen molar-refractivity contribution < 1.29 is 8.42 Å². The monoisotopic (exact) mass is 348 g/mol. The van der Waals surface area contributed by atoms with Gasteiger partial charge in [0.05, 0.1) is 16.1 Å². The highest BCUT2D eigenvalue weighted by Crippen LogP contribution is 2.32. The van der Waals surface area contributed by atoms with E-state index in [-0.39, 0.29) is 14.9 Å². The number of hydrogen-bond acceptors (Lipinski definition) is 4. The number of nitrogens with one attached hydrogen (secondary N) is 2. The number of nitrogens with two attached hydrogens (primary N) is 1. The van der Waals surface area contributed by atoms with E-state index in [4.69, 9.17) is 28.9 Å². The zero-order valence-corrected chi connectivity index (χ0v) is 13.4. The molecule has 0 bridgehead atoms. The number of aromatic nitrogens is 2. The number of halogens is 2. The normalized spacial score (nSPS) is 13.3. The maximum absolute atomic E-state index is 12.5. The van der Waals surface area contributed by atoms with Crippen LogP contribution in [0.5, 0.6) is 0 Å². The Kier molecular flexibility index (Phi) is 4.77. The van der Waals surface area contributed by atoms with Gasteiger partial charge in [-0.15, -0.1) is 0 Å². The molecule has 0 fully saturated rings. The molecule has 0 saturated carbocycles. The van der Waals surface area contributed by atoms with Gasteiger partial charge in [-0.05, 0) is 18.6 Å². The highest BCUT2D eigenvalue weighted by atomic mass is 35.5. The Bertz CT molecular complexity index is 709. The van der Waals surface area contributed by atoms with Crippen LogP contribution in [-0.2, 0) is 10.0 Å². The lowest BCUT2D eigenvalue weighted by molar-refractivity contribution is 0.539. The van der Waals surface area contributed by atoms with E-state index in [1.165, 1.54) is 12.1 Å². The highest BCUT2D eigenvalue weighted by Gasteiger charge is 2.26. The topological polar surface area (TPSA) is 101 Å². The summed E-state index contributed by atoms with van der Waals surface area (Å²) in [5.74, 6) is 0.517. The molecule has 0 aliphatic carbocycles. The van der Waals surface area contributed by atoms with Crippen molar-refractivity contribution in [2.75, 3.05) is 5.73 Å².